The lowest BCUT2D eigenvalue weighted by molar-refractivity contribution is 0.274. The Morgan fingerprint density at radius 3 is 2.78 bits per heavy atom. The normalized spacial score (nSPS) is 19.4. The Hall–Kier alpha value is -2.25. The highest BCUT2D eigenvalue weighted by Crippen LogP contribution is 2.36. The Labute approximate surface area is 161 Å². The second-order valence-corrected chi connectivity index (χ2v) is 7.92. The van der Waals surface area contributed by atoms with Crippen LogP contribution in [0.1, 0.15) is 23.6 Å². The lowest BCUT2D eigenvalue weighted by atomic mass is 9.99. The second-order valence-electron chi connectivity index (χ2n) is 6.94. The van der Waals surface area contributed by atoms with Crippen molar-refractivity contribution in [3.8, 4) is 5.75 Å². The van der Waals surface area contributed by atoms with Gasteiger partial charge in [-0.15, -0.1) is 0 Å². The minimum absolute atomic E-state index is 0.0460. The van der Waals surface area contributed by atoms with E-state index in [0.717, 1.165) is 60.9 Å². The van der Waals surface area contributed by atoms with Gasteiger partial charge in [-0.25, -0.2) is 8.42 Å². The van der Waals surface area contributed by atoms with Crippen LogP contribution in [-0.4, -0.2) is 41.2 Å². The molecular weight excluding hydrogens is 362 g/mol. The van der Waals surface area contributed by atoms with Crippen LogP contribution in [0.4, 0.5) is 11.4 Å². The molecule has 0 saturated carbocycles. The van der Waals surface area contributed by atoms with E-state index in [9.17, 15) is 8.42 Å². The molecule has 0 amide bonds. The molecular formula is C20H25N3O3S. The highest BCUT2D eigenvalue weighted by molar-refractivity contribution is 7.71. The molecule has 2 aliphatic heterocycles. The molecule has 0 bridgehead atoms. The Kier molecular flexibility index (Phi) is 5.50. The third-order valence-corrected chi connectivity index (χ3v) is 5.76. The maximum absolute atomic E-state index is 11.4. The van der Waals surface area contributed by atoms with E-state index in [-0.39, 0.29) is 11.8 Å². The van der Waals surface area contributed by atoms with Crippen LogP contribution in [0.2, 0.25) is 0 Å². The number of para-hydroxylation sites is 1. The predicted molar refractivity (Wildman–Crippen MR) is 108 cm³/mol. The zero-order chi connectivity index (χ0) is 18.6. The van der Waals surface area contributed by atoms with Crippen molar-refractivity contribution in [2.24, 2.45) is 0 Å². The molecule has 4 rings (SSSR count). The second kappa shape index (κ2) is 8.19. The van der Waals surface area contributed by atoms with E-state index >= 15 is 0 Å². The smallest absolute Gasteiger partial charge is 0.144 e. The molecule has 0 aliphatic carbocycles. The van der Waals surface area contributed by atoms with Gasteiger partial charge in [-0.3, -0.25) is 0 Å². The standard InChI is InChI=1S/C20H25N3O3S/c24-27(25)14-15-5-6-16(23-10-8-21-9-11-23)13-19(15)22-18-7-12-26-20-4-2-1-3-17(18)20/h1-6,13,18,21-22,27H,7-12,14H2. The number of thiol groups is 1. The first kappa shape index (κ1) is 18.1. The van der Waals surface area contributed by atoms with Crippen molar-refractivity contribution in [2.45, 2.75) is 18.2 Å². The third kappa shape index (κ3) is 4.20. The third-order valence-electron chi connectivity index (χ3n) is 5.16. The van der Waals surface area contributed by atoms with Crippen LogP contribution in [-0.2, 0) is 16.5 Å². The molecule has 27 heavy (non-hydrogen) atoms. The monoisotopic (exact) mass is 387 g/mol. The summed E-state index contributed by atoms with van der Waals surface area (Å²) in [6, 6.07) is 14.2. The lowest BCUT2D eigenvalue weighted by Crippen LogP contribution is -2.43. The van der Waals surface area contributed by atoms with Crippen LogP contribution < -0.4 is 20.3 Å². The molecule has 2 aromatic rings. The SMILES string of the molecule is O=[SH](=O)Cc1ccc(N2CCNCC2)cc1NC1CCOc2ccccc21. The first-order valence-corrected chi connectivity index (χ1v) is 10.8. The predicted octanol–water partition coefficient (Wildman–Crippen LogP) is 2.14. The van der Waals surface area contributed by atoms with Gasteiger partial charge in [-0.1, -0.05) is 24.3 Å². The fraction of sp³-hybridized carbons (Fsp3) is 0.400. The summed E-state index contributed by atoms with van der Waals surface area (Å²) in [6.45, 7) is 4.48. The van der Waals surface area contributed by atoms with E-state index in [1.165, 1.54) is 0 Å². The molecule has 144 valence electrons. The van der Waals surface area contributed by atoms with Gasteiger partial charge in [-0.2, -0.15) is 0 Å². The summed E-state index contributed by atoms with van der Waals surface area (Å²) in [4.78, 5) is 2.33. The summed E-state index contributed by atoms with van der Waals surface area (Å²) < 4.78 is 28.5. The topological polar surface area (TPSA) is 70.7 Å². The zero-order valence-corrected chi connectivity index (χ0v) is 16.1. The molecule has 1 saturated heterocycles. The van der Waals surface area contributed by atoms with Crippen LogP contribution >= 0.6 is 0 Å². The van der Waals surface area contributed by atoms with Gasteiger partial charge in [0.25, 0.3) is 0 Å². The van der Waals surface area contributed by atoms with E-state index in [2.05, 4.69) is 27.7 Å². The summed E-state index contributed by atoms with van der Waals surface area (Å²) in [5, 5.41) is 6.96. The Bertz CT molecular complexity index is 871. The van der Waals surface area contributed by atoms with E-state index in [4.69, 9.17) is 4.74 Å². The van der Waals surface area contributed by atoms with E-state index in [1.54, 1.807) is 0 Å². The van der Waals surface area contributed by atoms with Crippen LogP contribution in [0, 0.1) is 0 Å². The Morgan fingerprint density at radius 2 is 1.96 bits per heavy atom. The highest BCUT2D eigenvalue weighted by Gasteiger charge is 2.22. The molecule has 1 unspecified atom stereocenters. The number of benzene rings is 2. The number of piperazine rings is 1. The van der Waals surface area contributed by atoms with Gasteiger partial charge in [0.05, 0.1) is 18.4 Å². The average Bonchev–Trinajstić information content (AvgIpc) is 2.70. The summed E-state index contributed by atoms with van der Waals surface area (Å²) in [7, 11) is -2.48. The fourth-order valence-corrected chi connectivity index (χ4v) is 4.33. The maximum Gasteiger partial charge on any atom is 0.144 e. The molecule has 0 spiro atoms. The van der Waals surface area contributed by atoms with Gasteiger partial charge in [0.15, 0.2) is 0 Å². The summed E-state index contributed by atoms with van der Waals surface area (Å²) in [6.07, 6.45) is 0.845. The van der Waals surface area contributed by atoms with Gasteiger partial charge >= 0.3 is 0 Å². The average molecular weight is 388 g/mol. The van der Waals surface area contributed by atoms with Crippen LogP contribution in [0.5, 0.6) is 5.75 Å². The number of hydrogen-bond donors (Lipinski definition) is 3. The van der Waals surface area contributed by atoms with Crippen molar-refractivity contribution >= 4 is 22.1 Å². The first-order chi connectivity index (χ1) is 13.2. The highest BCUT2D eigenvalue weighted by atomic mass is 32.2. The van der Waals surface area contributed by atoms with Crippen molar-refractivity contribution in [3.63, 3.8) is 0 Å². The maximum atomic E-state index is 11.4. The minimum atomic E-state index is -2.48. The van der Waals surface area contributed by atoms with Gasteiger partial charge in [0.1, 0.15) is 16.5 Å². The lowest BCUT2D eigenvalue weighted by Gasteiger charge is -2.31. The van der Waals surface area contributed by atoms with Gasteiger partial charge in [0, 0.05) is 49.5 Å². The number of nitrogens with zero attached hydrogens (tertiary/aromatic N) is 1. The zero-order valence-electron chi connectivity index (χ0n) is 15.2. The first-order valence-electron chi connectivity index (χ1n) is 9.39. The molecule has 0 aromatic heterocycles. The van der Waals surface area contributed by atoms with Gasteiger partial charge < -0.3 is 20.3 Å². The number of rotatable bonds is 5. The largest absolute Gasteiger partial charge is 0.493 e. The molecule has 2 aromatic carbocycles. The van der Waals surface area contributed by atoms with Crippen molar-refractivity contribution in [1.82, 2.24) is 5.32 Å². The number of anilines is 2. The Balaban J connectivity index is 1.65. The van der Waals surface area contributed by atoms with Crippen LogP contribution in [0.25, 0.3) is 0 Å². The molecule has 0 radical (unpaired) electrons. The van der Waals surface area contributed by atoms with E-state index in [0.29, 0.717) is 6.61 Å². The summed E-state index contributed by atoms with van der Waals surface area (Å²) in [5.41, 5.74) is 3.96. The van der Waals surface area contributed by atoms with Crippen LogP contribution in [0.3, 0.4) is 0 Å². The Morgan fingerprint density at radius 1 is 1.15 bits per heavy atom. The number of nitrogens with one attached hydrogen (secondary N) is 2. The molecule has 2 aliphatic rings. The molecule has 7 heteroatoms. The van der Waals surface area contributed by atoms with Crippen LogP contribution in [0.15, 0.2) is 42.5 Å². The minimum Gasteiger partial charge on any atom is -0.493 e. The fourth-order valence-electron chi connectivity index (χ4n) is 3.78. The van der Waals surface area contributed by atoms with Crippen molar-refractivity contribution in [1.29, 1.82) is 0 Å². The number of hydrogen-bond acceptors (Lipinski definition) is 6. The van der Waals surface area contributed by atoms with Gasteiger partial charge in [-0.05, 0) is 23.8 Å². The van der Waals surface area contributed by atoms with Crippen molar-refractivity contribution < 1.29 is 13.2 Å². The number of fused-ring (bicyclic) bond motifs is 1. The molecule has 6 nitrogen and oxygen atoms in total. The summed E-state index contributed by atoms with van der Waals surface area (Å²) in [5.74, 6) is 0.945. The molecule has 1 fully saturated rings. The molecule has 2 heterocycles. The van der Waals surface area contributed by atoms with Gasteiger partial charge in [0.2, 0.25) is 0 Å². The summed E-state index contributed by atoms with van der Waals surface area (Å²) >= 11 is 0. The number of ether oxygens (including phenoxy) is 1. The molecule has 1 atom stereocenters. The van der Waals surface area contributed by atoms with E-state index < -0.39 is 10.7 Å². The quantitative estimate of drug-likeness (QED) is 0.683. The molecule has 2 N–H and O–H groups in total. The van der Waals surface area contributed by atoms with E-state index in [1.807, 2.05) is 30.3 Å². The van der Waals surface area contributed by atoms with Crippen molar-refractivity contribution in [2.75, 3.05) is 43.0 Å². The van der Waals surface area contributed by atoms with Crippen molar-refractivity contribution in [3.05, 3.63) is 53.6 Å².